The second-order valence-corrected chi connectivity index (χ2v) is 4.14. The number of methoxy groups -OCH3 is 1. The van der Waals surface area contributed by atoms with Crippen molar-refractivity contribution in [2.24, 2.45) is 0 Å². The van der Waals surface area contributed by atoms with E-state index < -0.39 is 0 Å². The van der Waals surface area contributed by atoms with Crippen LogP contribution in [-0.4, -0.2) is 7.11 Å². The van der Waals surface area contributed by atoms with Crippen molar-refractivity contribution in [3.63, 3.8) is 0 Å². The molecule has 3 nitrogen and oxygen atoms in total. The van der Waals surface area contributed by atoms with E-state index in [1.54, 1.807) is 7.11 Å². The summed E-state index contributed by atoms with van der Waals surface area (Å²) in [5.74, 6) is 0. The van der Waals surface area contributed by atoms with Gasteiger partial charge in [0.15, 0.2) is 0 Å². The molecule has 0 aliphatic carbocycles. The number of nitrogens with two attached hydrogens (primary N) is 1. The van der Waals surface area contributed by atoms with Gasteiger partial charge >= 0.3 is 0 Å². The Balaban J connectivity index is 2.08. The van der Waals surface area contributed by atoms with Gasteiger partial charge in [-0.3, -0.25) is 0 Å². The zero-order valence-corrected chi connectivity index (χ0v) is 10.5. The van der Waals surface area contributed by atoms with Crippen molar-refractivity contribution in [2.75, 3.05) is 18.2 Å². The zero-order valence-electron chi connectivity index (χ0n) is 10.5. The lowest BCUT2D eigenvalue weighted by Gasteiger charge is -2.12. The maximum atomic E-state index is 5.92. The fourth-order valence-corrected chi connectivity index (χ4v) is 1.86. The molecule has 2 rings (SSSR count). The summed E-state index contributed by atoms with van der Waals surface area (Å²) >= 11 is 0. The van der Waals surface area contributed by atoms with Gasteiger partial charge in [-0.15, -0.1) is 0 Å². The van der Waals surface area contributed by atoms with Gasteiger partial charge in [-0.05, 0) is 17.7 Å². The third-order valence-corrected chi connectivity index (χ3v) is 2.84. The topological polar surface area (TPSA) is 47.3 Å². The molecule has 2 aromatic rings. The van der Waals surface area contributed by atoms with E-state index >= 15 is 0 Å². The number of ether oxygens (including phenoxy) is 1. The van der Waals surface area contributed by atoms with Crippen molar-refractivity contribution in [1.29, 1.82) is 0 Å². The molecule has 0 radical (unpaired) electrons. The molecule has 3 N–H and O–H groups in total. The van der Waals surface area contributed by atoms with Gasteiger partial charge in [-0.25, -0.2) is 0 Å². The van der Waals surface area contributed by atoms with E-state index in [9.17, 15) is 0 Å². The van der Waals surface area contributed by atoms with Crippen LogP contribution in [0.1, 0.15) is 11.1 Å². The minimum atomic E-state index is 0.605. The van der Waals surface area contributed by atoms with Gasteiger partial charge in [-0.2, -0.15) is 0 Å². The first kappa shape index (κ1) is 12.5. The predicted octanol–water partition coefficient (Wildman–Crippen LogP) is 3.03. The first-order valence-electron chi connectivity index (χ1n) is 5.95. The monoisotopic (exact) mass is 242 g/mol. The second-order valence-electron chi connectivity index (χ2n) is 4.14. The summed E-state index contributed by atoms with van der Waals surface area (Å²) in [5, 5.41) is 3.40. The van der Waals surface area contributed by atoms with Crippen molar-refractivity contribution < 1.29 is 4.74 Å². The average Bonchev–Trinajstić information content (AvgIpc) is 2.40. The van der Waals surface area contributed by atoms with Gasteiger partial charge in [0.2, 0.25) is 0 Å². The average molecular weight is 242 g/mol. The Hall–Kier alpha value is -2.00. The molecule has 3 heteroatoms. The lowest BCUT2D eigenvalue weighted by Crippen LogP contribution is -2.05. The lowest BCUT2D eigenvalue weighted by atomic mass is 10.1. The standard InChI is InChI=1S/C15H18N2O/c1-18-11-13-7-3-5-9-15(13)17-10-12-6-2-4-8-14(12)16/h2-9,17H,10-11,16H2,1H3. The minimum Gasteiger partial charge on any atom is -0.398 e. The Kier molecular flexibility index (Phi) is 4.20. The molecule has 0 aliphatic heterocycles. The molecule has 18 heavy (non-hydrogen) atoms. The van der Waals surface area contributed by atoms with Crippen LogP contribution in [0.2, 0.25) is 0 Å². The first-order valence-corrected chi connectivity index (χ1v) is 5.95. The molecule has 0 spiro atoms. The molecular formula is C15H18N2O. The van der Waals surface area contributed by atoms with Crippen LogP contribution >= 0.6 is 0 Å². The zero-order chi connectivity index (χ0) is 12.8. The van der Waals surface area contributed by atoms with Crippen molar-refractivity contribution >= 4 is 11.4 Å². The second kappa shape index (κ2) is 6.07. The van der Waals surface area contributed by atoms with Crippen LogP contribution in [0.25, 0.3) is 0 Å². The van der Waals surface area contributed by atoms with Crippen molar-refractivity contribution in [2.45, 2.75) is 13.2 Å². The molecular weight excluding hydrogens is 224 g/mol. The van der Waals surface area contributed by atoms with E-state index in [2.05, 4.69) is 11.4 Å². The molecule has 0 saturated heterocycles. The highest BCUT2D eigenvalue weighted by molar-refractivity contribution is 5.53. The molecule has 2 aromatic carbocycles. The summed E-state index contributed by atoms with van der Waals surface area (Å²) in [7, 11) is 1.70. The summed E-state index contributed by atoms with van der Waals surface area (Å²) in [5.41, 5.74) is 10.1. The van der Waals surface area contributed by atoms with Gasteiger partial charge < -0.3 is 15.8 Å². The Morgan fingerprint density at radius 3 is 2.39 bits per heavy atom. The van der Waals surface area contributed by atoms with E-state index in [4.69, 9.17) is 10.5 Å². The molecule has 0 fully saturated rings. The van der Waals surface area contributed by atoms with Gasteiger partial charge in [0, 0.05) is 30.6 Å². The van der Waals surface area contributed by atoms with E-state index in [0.717, 1.165) is 22.5 Å². The third-order valence-electron chi connectivity index (χ3n) is 2.84. The van der Waals surface area contributed by atoms with Crippen LogP contribution in [0.15, 0.2) is 48.5 Å². The van der Waals surface area contributed by atoms with E-state index in [1.807, 2.05) is 42.5 Å². The molecule has 0 bridgehead atoms. The van der Waals surface area contributed by atoms with Crippen LogP contribution in [0.4, 0.5) is 11.4 Å². The normalized spacial score (nSPS) is 10.3. The predicted molar refractivity (Wildman–Crippen MR) is 75.3 cm³/mol. The molecule has 94 valence electrons. The first-order chi connectivity index (χ1) is 8.81. The number of nitrogens with one attached hydrogen (secondary N) is 1. The van der Waals surface area contributed by atoms with Crippen molar-refractivity contribution in [1.82, 2.24) is 0 Å². The highest BCUT2D eigenvalue weighted by Crippen LogP contribution is 2.18. The lowest BCUT2D eigenvalue weighted by molar-refractivity contribution is 0.185. The third kappa shape index (κ3) is 3.02. The Morgan fingerprint density at radius 1 is 1.00 bits per heavy atom. The summed E-state index contributed by atoms with van der Waals surface area (Å²) in [6.07, 6.45) is 0. The van der Waals surface area contributed by atoms with Crippen molar-refractivity contribution in [3.8, 4) is 0 Å². The Morgan fingerprint density at radius 2 is 1.67 bits per heavy atom. The van der Waals surface area contributed by atoms with E-state index in [0.29, 0.717) is 13.2 Å². The Bertz CT molecular complexity index is 511. The highest BCUT2D eigenvalue weighted by Gasteiger charge is 2.02. The van der Waals surface area contributed by atoms with Gasteiger partial charge in [0.05, 0.1) is 6.61 Å². The van der Waals surface area contributed by atoms with Crippen LogP contribution in [0.3, 0.4) is 0 Å². The molecule has 0 heterocycles. The highest BCUT2D eigenvalue weighted by atomic mass is 16.5. The van der Waals surface area contributed by atoms with Gasteiger partial charge in [-0.1, -0.05) is 36.4 Å². The van der Waals surface area contributed by atoms with Crippen LogP contribution in [0.5, 0.6) is 0 Å². The number of para-hydroxylation sites is 2. The SMILES string of the molecule is COCc1ccccc1NCc1ccccc1N. The fraction of sp³-hybridized carbons (Fsp3) is 0.200. The number of hydrogen-bond donors (Lipinski definition) is 2. The van der Waals surface area contributed by atoms with Gasteiger partial charge in [0.1, 0.15) is 0 Å². The van der Waals surface area contributed by atoms with Crippen molar-refractivity contribution in [3.05, 3.63) is 59.7 Å². The summed E-state index contributed by atoms with van der Waals surface area (Å²) < 4.78 is 5.18. The quantitative estimate of drug-likeness (QED) is 0.792. The summed E-state index contributed by atoms with van der Waals surface area (Å²) in [6.45, 7) is 1.32. The maximum Gasteiger partial charge on any atom is 0.0733 e. The smallest absolute Gasteiger partial charge is 0.0733 e. The van der Waals surface area contributed by atoms with Crippen LogP contribution < -0.4 is 11.1 Å². The number of hydrogen-bond acceptors (Lipinski definition) is 3. The van der Waals surface area contributed by atoms with E-state index in [-0.39, 0.29) is 0 Å². The molecule has 0 aromatic heterocycles. The van der Waals surface area contributed by atoms with Crippen LogP contribution in [0, 0.1) is 0 Å². The number of benzene rings is 2. The number of anilines is 2. The number of nitrogen functional groups attached to an aromatic ring is 1. The van der Waals surface area contributed by atoms with Crippen LogP contribution in [-0.2, 0) is 17.9 Å². The minimum absolute atomic E-state index is 0.605. The molecule has 0 atom stereocenters. The molecule has 0 amide bonds. The fourth-order valence-electron chi connectivity index (χ4n) is 1.86. The summed E-state index contributed by atoms with van der Waals surface area (Å²) in [6, 6.07) is 16.0. The van der Waals surface area contributed by atoms with Gasteiger partial charge in [0.25, 0.3) is 0 Å². The van der Waals surface area contributed by atoms with E-state index in [1.165, 1.54) is 0 Å². The summed E-state index contributed by atoms with van der Waals surface area (Å²) in [4.78, 5) is 0. The Labute approximate surface area is 108 Å². The number of rotatable bonds is 5. The largest absolute Gasteiger partial charge is 0.398 e. The molecule has 0 saturated carbocycles. The molecule has 0 unspecified atom stereocenters. The molecule has 0 aliphatic rings. The maximum absolute atomic E-state index is 5.92.